The van der Waals surface area contributed by atoms with E-state index in [9.17, 15) is 4.79 Å². The van der Waals surface area contributed by atoms with Crippen LogP contribution in [0.5, 0.6) is 0 Å². The number of rotatable bonds is 2. The molecule has 0 spiro atoms. The summed E-state index contributed by atoms with van der Waals surface area (Å²) in [6, 6.07) is 0. The zero-order valence-corrected chi connectivity index (χ0v) is 6.56. The van der Waals surface area contributed by atoms with Crippen LogP contribution in [0.2, 0.25) is 0 Å². The SMILES string of the molecule is CCNNC(=O)O.CNC. The lowest BCUT2D eigenvalue weighted by atomic mass is 10.8. The first kappa shape index (κ1) is 11.9. The average molecular weight is 149 g/mol. The molecule has 62 valence electrons. The fourth-order valence-electron chi connectivity index (χ4n) is 0.164. The first-order chi connectivity index (χ1) is 4.68. The number of nitrogens with one attached hydrogen (secondary N) is 3. The van der Waals surface area contributed by atoms with Gasteiger partial charge in [0.25, 0.3) is 0 Å². The van der Waals surface area contributed by atoms with Crippen LogP contribution in [-0.4, -0.2) is 31.8 Å². The Morgan fingerprint density at radius 1 is 1.50 bits per heavy atom. The normalized spacial score (nSPS) is 7.50. The monoisotopic (exact) mass is 149 g/mol. The summed E-state index contributed by atoms with van der Waals surface area (Å²) in [6.45, 7) is 2.41. The molecule has 4 N–H and O–H groups in total. The maximum atomic E-state index is 9.58. The second kappa shape index (κ2) is 11.0. The molecule has 0 saturated carbocycles. The molecule has 0 fully saturated rings. The predicted octanol–water partition coefficient (Wildman–Crippen LogP) is -0.386. The molecule has 5 heteroatoms. The number of hydrazine groups is 1. The molecule has 0 aromatic rings. The van der Waals surface area contributed by atoms with E-state index in [0.29, 0.717) is 6.54 Å². The highest BCUT2D eigenvalue weighted by molar-refractivity contribution is 5.63. The van der Waals surface area contributed by atoms with Crippen molar-refractivity contribution in [1.29, 1.82) is 0 Å². The van der Waals surface area contributed by atoms with Crippen LogP contribution in [0.4, 0.5) is 4.79 Å². The molecule has 0 unspecified atom stereocenters. The van der Waals surface area contributed by atoms with Gasteiger partial charge in [-0.1, -0.05) is 6.92 Å². The maximum Gasteiger partial charge on any atom is 0.419 e. The fraction of sp³-hybridized carbons (Fsp3) is 0.800. The van der Waals surface area contributed by atoms with Crippen LogP contribution in [0.1, 0.15) is 6.92 Å². The molecule has 0 atom stereocenters. The topological polar surface area (TPSA) is 73.4 Å². The number of hydrogen-bond acceptors (Lipinski definition) is 3. The van der Waals surface area contributed by atoms with Crippen LogP contribution in [0.25, 0.3) is 0 Å². The van der Waals surface area contributed by atoms with E-state index in [1.54, 1.807) is 6.92 Å². The molecule has 0 radical (unpaired) electrons. The summed E-state index contributed by atoms with van der Waals surface area (Å²) < 4.78 is 0. The third kappa shape index (κ3) is 27.1. The van der Waals surface area contributed by atoms with Crippen molar-refractivity contribution in [3.05, 3.63) is 0 Å². The summed E-state index contributed by atoms with van der Waals surface area (Å²) in [6.07, 6.45) is -1.05. The van der Waals surface area contributed by atoms with Gasteiger partial charge < -0.3 is 10.4 Å². The summed E-state index contributed by atoms with van der Waals surface area (Å²) in [5.41, 5.74) is 4.36. The molecule has 5 nitrogen and oxygen atoms in total. The van der Waals surface area contributed by atoms with Crippen molar-refractivity contribution in [2.24, 2.45) is 0 Å². The van der Waals surface area contributed by atoms with E-state index in [1.807, 2.05) is 19.5 Å². The zero-order valence-electron chi connectivity index (χ0n) is 6.56. The van der Waals surface area contributed by atoms with Gasteiger partial charge in [0.2, 0.25) is 0 Å². The molecule has 0 saturated heterocycles. The Labute approximate surface area is 60.8 Å². The summed E-state index contributed by atoms with van der Waals surface area (Å²) in [5.74, 6) is 0. The molecule has 0 rings (SSSR count). The minimum atomic E-state index is -1.05. The molecule has 0 aromatic carbocycles. The molecular weight excluding hydrogens is 134 g/mol. The quantitative estimate of drug-likeness (QED) is 0.404. The van der Waals surface area contributed by atoms with E-state index in [0.717, 1.165) is 0 Å². The fourth-order valence-corrected chi connectivity index (χ4v) is 0.164. The number of hydrogen-bond donors (Lipinski definition) is 4. The Kier molecular flexibility index (Phi) is 13.2. The van der Waals surface area contributed by atoms with Gasteiger partial charge in [-0.3, -0.25) is 5.43 Å². The van der Waals surface area contributed by atoms with Crippen LogP contribution in [0, 0.1) is 0 Å². The Bertz CT molecular complexity index is 77.3. The van der Waals surface area contributed by atoms with Crippen LogP contribution < -0.4 is 16.2 Å². The van der Waals surface area contributed by atoms with E-state index in [4.69, 9.17) is 5.11 Å². The third-order valence-electron chi connectivity index (χ3n) is 0.372. The minimum absolute atomic E-state index is 0.603. The second-order valence-electron chi connectivity index (χ2n) is 1.46. The number of carbonyl (C=O) groups is 1. The first-order valence-corrected chi connectivity index (χ1v) is 2.99. The molecule has 0 bridgehead atoms. The van der Waals surface area contributed by atoms with Gasteiger partial charge in [-0.05, 0) is 14.1 Å². The number of amides is 1. The molecular formula is C5H15N3O2. The summed E-state index contributed by atoms with van der Waals surface area (Å²) in [4.78, 5) is 9.58. The highest BCUT2D eigenvalue weighted by Crippen LogP contribution is 1.51. The van der Waals surface area contributed by atoms with Gasteiger partial charge in [-0.2, -0.15) is 0 Å². The van der Waals surface area contributed by atoms with E-state index in [1.165, 1.54) is 0 Å². The van der Waals surface area contributed by atoms with Crippen molar-refractivity contribution in [1.82, 2.24) is 16.2 Å². The van der Waals surface area contributed by atoms with Crippen LogP contribution in [0.15, 0.2) is 0 Å². The van der Waals surface area contributed by atoms with Gasteiger partial charge in [0.1, 0.15) is 0 Å². The van der Waals surface area contributed by atoms with Crippen molar-refractivity contribution in [2.45, 2.75) is 6.92 Å². The minimum Gasteiger partial charge on any atom is -0.464 e. The molecule has 10 heavy (non-hydrogen) atoms. The van der Waals surface area contributed by atoms with E-state index < -0.39 is 6.09 Å². The molecule has 0 aliphatic carbocycles. The van der Waals surface area contributed by atoms with Crippen LogP contribution in [0.3, 0.4) is 0 Å². The van der Waals surface area contributed by atoms with E-state index >= 15 is 0 Å². The molecule has 0 aromatic heterocycles. The Hall–Kier alpha value is -0.810. The van der Waals surface area contributed by atoms with Crippen molar-refractivity contribution in [3.63, 3.8) is 0 Å². The van der Waals surface area contributed by atoms with Gasteiger partial charge >= 0.3 is 6.09 Å². The highest BCUT2D eigenvalue weighted by atomic mass is 16.4. The van der Waals surface area contributed by atoms with Crippen molar-refractivity contribution < 1.29 is 9.90 Å². The molecule has 1 amide bonds. The van der Waals surface area contributed by atoms with Gasteiger partial charge in [0, 0.05) is 6.54 Å². The highest BCUT2D eigenvalue weighted by Gasteiger charge is 1.85. The maximum absolute atomic E-state index is 9.58. The van der Waals surface area contributed by atoms with Crippen molar-refractivity contribution >= 4 is 6.09 Å². The van der Waals surface area contributed by atoms with Crippen LogP contribution >= 0.6 is 0 Å². The van der Waals surface area contributed by atoms with E-state index in [2.05, 4.69) is 10.7 Å². The largest absolute Gasteiger partial charge is 0.464 e. The Balaban J connectivity index is 0. The first-order valence-electron chi connectivity index (χ1n) is 2.99. The smallest absolute Gasteiger partial charge is 0.419 e. The predicted molar refractivity (Wildman–Crippen MR) is 39.8 cm³/mol. The Morgan fingerprint density at radius 3 is 2.00 bits per heavy atom. The van der Waals surface area contributed by atoms with Crippen molar-refractivity contribution in [3.8, 4) is 0 Å². The molecule has 0 heterocycles. The van der Waals surface area contributed by atoms with Gasteiger partial charge in [-0.25, -0.2) is 10.2 Å². The number of carboxylic acid groups (broad SMARTS) is 1. The summed E-state index contributed by atoms with van der Waals surface area (Å²) in [5, 5.41) is 10.6. The van der Waals surface area contributed by atoms with Crippen molar-refractivity contribution in [2.75, 3.05) is 20.6 Å². The van der Waals surface area contributed by atoms with Crippen LogP contribution in [-0.2, 0) is 0 Å². The average Bonchev–Trinajstić information content (AvgIpc) is 1.85. The molecule has 0 aliphatic rings. The summed E-state index contributed by atoms with van der Waals surface area (Å²) in [7, 11) is 3.75. The lowest BCUT2D eigenvalue weighted by Gasteiger charge is -1.95. The lowest BCUT2D eigenvalue weighted by molar-refractivity contribution is 0.189. The lowest BCUT2D eigenvalue weighted by Crippen LogP contribution is -2.35. The zero-order chi connectivity index (χ0) is 8.41. The third-order valence-corrected chi connectivity index (χ3v) is 0.372. The molecule has 0 aliphatic heterocycles. The Morgan fingerprint density at radius 2 is 1.90 bits per heavy atom. The summed E-state index contributed by atoms with van der Waals surface area (Å²) >= 11 is 0. The van der Waals surface area contributed by atoms with E-state index in [-0.39, 0.29) is 0 Å². The second-order valence-corrected chi connectivity index (χ2v) is 1.46. The standard InChI is InChI=1S/C3H8N2O2.C2H7N/c1-2-4-5-3(6)7;1-3-2/h4-5H,2H2,1H3,(H,6,7);3H,1-2H3. The van der Waals surface area contributed by atoms with Gasteiger partial charge in [0.05, 0.1) is 0 Å². The van der Waals surface area contributed by atoms with Gasteiger partial charge in [-0.15, -0.1) is 0 Å². The van der Waals surface area contributed by atoms with Gasteiger partial charge in [0.15, 0.2) is 0 Å².